The first-order valence-electron chi connectivity index (χ1n) is 6.42. The van der Waals surface area contributed by atoms with Gasteiger partial charge in [-0.25, -0.2) is 4.98 Å². The highest BCUT2D eigenvalue weighted by Crippen LogP contribution is 2.24. The summed E-state index contributed by atoms with van der Waals surface area (Å²) in [5, 5.41) is 15.8. The van der Waals surface area contributed by atoms with Gasteiger partial charge in [0.2, 0.25) is 5.65 Å². The number of fused-ring (bicyclic) bond motifs is 1. The lowest BCUT2D eigenvalue weighted by atomic mass is 9.96. The van der Waals surface area contributed by atoms with E-state index in [1.165, 1.54) is 0 Å². The first kappa shape index (κ1) is 11.9. The molecule has 3 rings (SSSR count). The maximum absolute atomic E-state index is 7.51. The van der Waals surface area contributed by atoms with E-state index in [1.54, 1.807) is 6.20 Å². The van der Waals surface area contributed by atoms with Crippen molar-refractivity contribution >= 4 is 17.3 Å². The predicted octanol–water partition coefficient (Wildman–Crippen LogP) is 0.585. The molecule has 0 amide bonds. The Morgan fingerprint density at radius 3 is 2.79 bits per heavy atom. The fourth-order valence-electron chi connectivity index (χ4n) is 2.55. The zero-order valence-corrected chi connectivity index (χ0v) is 10.9. The summed E-state index contributed by atoms with van der Waals surface area (Å²) in [6.45, 7) is 3.62. The Bertz CT molecular complexity index is 610. The number of hydrogen-bond acceptors (Lipinski definition) is 5. The molecule has 0 saturated carbocycles. The molecule has 7 heteroatoms. The molecule has 0 radical (unpaired) electrons. The van der Waals surface area contributed by atoms with Gasteiger partial charge >= 0.3 is 0 Å². The van der Waals surface area contributed by atoms with Crippen molar-refractivity contribution in [2.45, 2.75) is 19.8 Å². The topological polar surface area (TPSA) is 96.2 Å². The second-order valence-electron chi connectivity index (χ2n) is 4.91. The molecule has 3 heterocycles. The van der Waals surface area contributed by atoms with E-state index in [4.69, 9.17) is 11.1 Å². The largest absolute Gasteiger partial charge is 0.387 e. The Kier molecular flexibility index (Phi) is 2.81. The van der Waals surface area contributed by atoms with E-state index in [1.807, 2.05) is 17.5 Å². The van der Waals surface area contributed by atoms with Crippen molar-refractivity contribution < 1.29 is 0 Å². The highest BCUT2D eigenvalue weighted by atomic mass is 15.3. The van der Waals surface area contributed by atoms with Crippen molar-refractivity contribution in [1.29, 1.82) is 5.41 Å². The lowest BCUT2D eigenvalue weighted by molar-refractivity contribution is 0.495. The van der Waals surface area contributed by atoms with Crippen molar-refractivity contribution in [2.24, 2.45) is 11.7 Å². The molecule has 0 unspecified atom stereocenters. The van der Waals surface area contributed by atoms with Gasteiger partial charge in [0.15, 0.2) is 5.82 Å². The Labute approximate surface area is 111 Å². The van der Waals surface area contributed by atoms with Crippen LogP contribution in [0.25, 0.3) is 5.65 Å². The Morgan fingerprint density at radius 1 is 1.37 bits per heavy atom. The van der Waals surface area contributed by atoms with Crippen LogP contribution < -0.4 is 10.6 Å². The van der Waals surface area contributed by atoms with Gasteiger partial charge in [0.1, 0.15) is 5.82 Å². The van der Waals surface area contributed by atoms with Gasteiger partial charge < -0.3 is 10.6 Å². The van der Waals surface area contributed by atoms with E-state index in [9.17, 15) is 0 Å². The van der Waals surface area contributed by atoms with Crippen molar-refractivity contribution in [1.82, 2.24) is 19.6 Å². The summed E-state index contributed by atoms with van der Waals surface area (Å²) in [4.78, 5) is 6.63. The SMILES string of the molecule is Cc1nnc2c(N3CCC(C(=N)N)CC3)nccn12. The molecule has 7 nitrogen and oxygen atoms in total. The molecule has 1 saturated heterocycles. The quantitative estimate of drug-likeness (QED) is 0.607. The normalized spacial score (nSPS) is 17.0. The van der Waals surface area contributed by atoms with Crippen LogP contribution in [0.1, 0.15) is 18.7 Å². The minimum Gasteiger partial charge on any atom is -0.387 e. The second-order valence-corrected chi connectivity index (χ2v) is 4.91. The van der Waals surface area contributed by atoms with Crippen LogP contribution in [-0.4, -0.2) is 38.5 Å². The molecule has 1 aliphatic rings. The van der Waals surface area contributed by atoms with Gasteiger partial charge in [0, 0.05) is 31.4 Å². The van der Waals surface area contributed by atoms with Crippen LogP contribution in [0, 0.1) is 18.3 Å². The zero-order chi connectivity index (χ0) is 13.4. The number of piperidine rings is 1. The number of aryl methyl sites for hydroxylation is 1. The van der Waals surface area contributed by atoms with Crippen molar-refractivity contribution in [3.8, 4) is 0 Å². The molecular formula is C12H17N7. The third-order valence-electron chi connectivity index (χ3n) is 3.71. The average Bonchev–Trinajstić information content (AvgIpc) is 2.81. The molecule has 1 fully saturated rings. The van der Waals surface area contributed by atoms with E-state index < -0.39 is 0 Å². The number of nitrogens with two attached hydrogens (primary N) is 1. The summed E-state index contributed by atoms with van der Waals surface area (Å²) in [5.74, 6) is 2.22. The standard InChI is InChI=1S/C12H17N7/c1-8-16-17-12-11(15-4-7-19(8)12)18-5-2-9(3-6-18)10(13)14/h4,7,9H,2-3,5-6H2,1H3,(H3,13,14). The Balaban J connectivity index is 1.88. The molecule has 0 atom stereocenters. The summed E-state index contributed by atoms with van der Waals surface area (Å²) in [6.07, 6.45) is 5.43. The summed E-state index contributed by atoms with van der Waals surface area (Å²) < 4.78 is 1.94. The highest BCUT2D eigenvalue weighted by molar-refractivity contribution is 5.80. The Hall–Kier alpha value is -2.18. The average molecular weight is 259 g/mol. The Morgan fingerprint density at radius 2 is 2.11 bits per heavy atom. The summed E-state index contributed by atoms with van der Waals surface area (Å²) in [6, 6.07) is 0. The maximum Gasteiger partial charge on any atom is 0.203 e. The molecule has 2 aromatic rings. The van der Waals surface area contributed by atoms with Crippen molar-refractivity contribution in [3.05, 3.63) is 18.2 Å². The minimum atomic E-state index is 0.204. The monoisotopic (exact) mass is 259 g/mol. The second kappa shape index (κ2) is 4.49. The lowest BCUT2D eigenvalue weighted by Gasteiger charge is -2.32. The van der Waals surface area contributed by atoms with E-state index in [2.05, 4.69) is 20.1 Å². The summed E-state index contributed by atoms with van der Waals surface area (Å²) >= 11 is 0. The molecule has 0 aliphatic carbocycles. The van der Waals surface area contributed by atoms with Gasteiger partial charge in [0.25, 0.3) is 0 Å². The van der Waals surface area contributed by atoms with Crippen molar-refractivity contribution in [3.63, 3.8) is 0 Å². The van der Waals surface area contributed by atoms with Gasteiger partial charge in [-0.15, -0.1) is 10.2 Å². The number of hydrogen-bond donors (Lipinski definition) is 2. The highest BCUT2D eigenvalue weighted by Gasteiger charge is 2.24. The predicted molar refractivity (Wildman–Crippen MR) is 72.4 cm³/mol. The van der Waals surface area contributed by atoms with Crippen molar-refractivity contribution in [2.75, 3.05) is 18.0 Å². The molecular weight excluding hydrogens is 242 g/mol. The minimum absolute atomic E-state index is 0.204. The maximum atomic E-state index is 7.51. The zero-order valence-electron chi connectivity index (χ0n) is 10.9. The molecule has 0 spiro atoms. The fraction of sp³-hybridized carbons (Fsp3) is 0.500. The molecule has 2 aromatic heterocycles. The first-order valence-corrected chi connectivity index (χ1v) is 6.42. The summed E-state index contributed by atoms with van der Waals surface area (Å²) in [5.41, 5.74) is 6.36. The van der Waals surface area contributed by atoms with Crippen LogP contribution in [0.3, 0.4) is 0 Å². The first-order chi connectivity index (χ1) is 9.16. The van der Waals surface area contributed by atoms with Crippen LogP contribution in [0.4, 0.5) is 5.82 Å². The van der Waals surface area contributed by atoms with Crippen LogP contribution in [0.5, 0.6) is 0 Å². The van der Waals surface area contributed by atoms with E-state index in [0.717, 1.165) is 43.2 Å². The van der Waals surface area contributed by atoms with Crippen LogP contribution in [-0.2, 0) is 0 Å². The number of nitrogens with one attached hydrogen (secondary N) is 1. The van der Waals surface area contributed by atoms with Gasteiger partial charge in [0.05, 0.1) is 5.84 Å². The van der Waals surface area contributed by atoms with Crippen LogP contribution in [0.2, 0.25) is 0 Å². The molecule has 3 N–H and O–H groups in total. The molecule has 19 heavy (non-hydrogen) atoms. The van der Waals surface area contributed by atoms with Gasteiger partial charge in [-0.1, -0.05) is 0 Å². The number of amidine groups is 1. The van der Waals surface area contributed by atoms with Gasteiger partial charge in [-0.05, 0) is 19.8 Å². The molecule has 1 aliphatic heterocycles. The van der Waals surface area contributed by atoms with E-state index >= 15 is 0 Å². The van der Waals surface area contributed by atoms with E-state index in [0.29, 0.717) is 5.84 Å². The van der Waals surface area contributed by atoms with Gasteiger partial charge in [-0.2, -0.15) is 0 Å². The molecule has 0 aromatic carbocycles. The number of nitrogens with zero attached hydrogens (tertiary/aromatic N) is 5. The van der Waals surface area contributed by atoms with Crippen LogP contribution >= 0.6 is 0 Å². The third-order valence-corrected chi connectivity index (χ3v) is 3.71. The van der Waals surface area contributed by atoms with Crippen LogP contribution in [0.15, 0.2) is 12.4 Å². The van der Waals surface area contributed by atoms with Gasteiger partial charge in [-0.3, -0.25) is 9.81 Å². The summed E-state index contributed by atoms with van der Waals surface area (Å²) in [7, 11) is 0. The lowest BCUT2D eigenvalue weighted by Crippen LogP contribution is -2.38. The third kappa shape index (κ3) is 2.00. The smallest absolute Gasteiger partial charge is 0.203 e. The molecule has 0 bridgehead atoms. The van der Waals surface area contributed by atoms with E-state index in [-0.39, 0.29) is 5.92 Å². The fourth-order valence-corrected chi connectivity index (χ4v) is 2.55. The number of rotatable bonds is 2. The number of anilines is 1. The number of aromatic nitrogens is 4. The molecule has 100 valence electrons.